The van der Waals surface area contributed by atoms with E-state index in [-0.39, 0.29) is 17.4 Å². The maximum Gasteiger partial charge on any atom is 0.703 e. The van der Waals surface area contributed by atoms with Crippen LogP contribution in [0.15, 0.2) is 0 Å². The van der Waals surface area contributed by atoms with Crippen molar-refractivity contribution in [3.8, 4) is 0 Å². The summed E-state index contributed by atoms with van der Waals surface area (Å²) in [6.45, 7) is 0. The van der Waals surface area contributed by atoms with E-state index in [4.69, 9.17) is 14.4 Å². The van der Waals surface area contributed by atoms with Crippen LogP contribution in [0, 0.1) is 0 Å². The summed E-state index contributed by atoms with van der Waals surface area (Å²) in [5, 5.41) is 0. The van der Waals surface area contributed by atoms with Crippen molar-refractivity contribution in [3.63, 3.8) is 0 Å². The van der Waals surface area contributed by atoms with E-state index in [9.17, 15) is 4.53 Å². The maximum absolute atomic E-state index is 10.3. The van der Waals surface area contributed by atoms with Crippen LogP contribution < -0.4 is 0 Å². The molecule has 0 aliphatic rings. The van der Waals surface area contributed by atoms with Crippen LogP contribution in [0.2, 0.25) is 0 Å². The van der Waals surface area contributed by atoms with Gasteiger partial charge >= 0.3 is 9.05 Å². The first-order valence-electron chi connectivity index (χ1n) is 1.03. The first-order chi connectivity index (χ1) is 2.56. The van der Waals surface area contributed by atoms with Crippen LogP contribution in [0.25, 0.3) is 0 Å². The van der Waals surface area contributed by atoms with E-state index in [1.54, 1.807) is 0 Å². The predicted octanol–water partition coefficient (Wildman–Crippen LogP) is -1.70. The van der Waals surface area contributed by atoms with Gasteiger partial charge in [-0.1, -0.05) is 4.53 Å². The van der Waals surface area contributed by atoms with Gasteiger partial charge in [-0.05, 0) is 0 Å². The Balaban J connectivity index is 0. The molecule has 3 N–H and O–H groups in total. The number of rotatable bonds is 1. The monoisotopic (exact) mass is 166 g/mol. The fourth-order valence-electron chi connectivity index (χ4n) is 0. The third-order valence-electron chi connectivity index (χ3n) is 0.104. The largest absolute Gasteiger partial charge is 0.703 e. The van der Waals surface area contributed by atoms with Gasteiger partial charge in [0.2, 0.25) is 0 Å². The molecule has 0 atom stereocenters. The Bertz CT molecular complexity index is 41.4. The molecule has 0 bridgehead atoms. The molecule has 0 rings (SSSR count). The summed E-state index contributed by atoms with van der Waals surface area (Å²) in [7, 11) is -4.80. The van der Waals surface area contributed by atoms with Crippen LogP contribution in [0.5, 0.6) is 0 Å². The van der Waals surface area contributed by atoms with Crippen molar-refractivity contribution in [1.29, 1.82) is 0 Å². The third kappa shape index (κ3) is 10.8. The molecule has 0 radical (unpaired) electrons. The molecule has 7 heteroatoms. The zero-order valence-electron chi connectivity index (χ0n) is 3.04. The smallest absolute Gasteiger partial charge is 0.366 e. The van der Waals surface area contributed by atoms with E-state index in [1.807, 2.05) is 0 Å². The van der Waals surface area contributed by atoms with Crippen LogP contribution in [0.4, 0.5) is 4.53 Å². The minimum atomic E-state index is -4.80. The SMILES string of the molecule is O[Si](O)(O)OF.[Cr]. The normalized spacial score (nSPS) is 10.3. The summed E-state index contributed by atoms with van der Waals surface area (Å²) in [5.74, 6) is 0. The average Bonchev–Trinajstić information content (AvgIpc) is 1.35. The summed E-state index contributed by atoms with van der Waals surface area (Å²) < 4.78 is 12.6. The summed E-state index contributed by atoms with van der Waals surface area (Å²) in [4.78, 5) is 22.4. The van der Waals surface area contributed by atoms with Crippen molar-refractivity contribution in [1.82, 2.24) is 0 Å². The van der Waals surface area contributed by atoms with E-state index in [1.165, 1.54) is 0 Å². The first-order valence-corrected chi connectivity index (χ1v) is 2.78. The molecule has 0 aliphatic carbocycles. The predicted molar refractivity (Wildman–Crippen MR) is 14.6 cm³/mol. The topological polar surface area (TPSA) is 69.9 Å². The van der Waals surface area contributed by atoms with Gasteiger partial charge in [-0.2, -0.15) is 4.63 Å². The van der Waals surface area contributed by atoms with Crippen LogP contribution >= 0.6 is 0 Å². The van der Waals surface area contributed by atoms with E-state index in [2.05, 4.69) is 4.63 Å². The van der Waals surface area contributed by atoms with Gasteiger partial charge in [0.15, 0.2) is 0 Å². The number of hydrogen-bond acceptors (Lipinski definition) is 4. The molecule has 0 aromatic carbocycles. The van der Waals surface area contributed by atoms with Gasteiger partial charge in [-0.15, -0.1) is 0 Å². The van der Waals surface area contributed by atoms with Crippen LogP contribution in [0.3, 0.4) is 0 Å². The summed E-state index contributed by atoms with van der Waals surface area (Å²) >= 11 is 0. The van der Waals surface area contributed by atoms with E-state index < -0.39 is 9.05 Å². The second-order valence-corrected chi connectivity index (χ2v) is 1.95. The molecular formula is H3CrFO4Si. The van der Waals surface area contributed by atoms with Crippen molar-refractivity contribution >= 4 is 9.05 Å². The Morgan fingerprint density at radius 2 is 1.43 bits per heavy atom. The minimum Gasteiger partial charge on any atom is -0.366 e. The van der Waals surface area contributed by atoms with Gasteiger partial charge in [0, 0.05) is 17.4 Å². The Labute approximate surface area is 50.7 Å². The van der Waals surface area contributed by atoms with Gasteiger partial charge < -0.3 is 14.4 Å². The molecule has 0 saturated carbocycles. The van der Waals surface area contributed by atoms with Crippen LogP contribution in [-0.4, -0.2) is 23.4 Å². The molecule has 0 unspecified atom stereocenters. The third-order valence-corrected chi connectivity index (χ3v) is 0.311. The van der Waals surface area contributed by atoms with Crippen LogP contribution in [-0.2, 0) is 22.0 Å². The Hall–Kier alpha value is 0.519. The summed E-state index contributed by atoms with van der Waals surface area (Å²) in [6.07, 6.45) is 0. The van der Waals surface area contributed by atoms with Crippen molar-refractivity contribution in [2.45, 2.75) is 0 Å². The molecule has 0 heterocycles. The van der Waals surface area contributed by atoms with Crippen molar-refractivity contribution in [3.05, 3.63) is 0 Å². The molecule has 0 fully saturated rings. The van der Waals surface area contributed by atoms with Crippen LogP contribution in [0.1, 0.15) is 0 Å². The zero-order chi connectivity index (χ0) is 5.21. The number of halogens is 1. The standard InChI is InChI=1S/Cr.FH3O4Si/c;1-5-6(2,3)4/h;2-4H. The van der Waals surface area contributed by atoms with Gasteiger partial charge in [0.25, 0.3) is 0 Å². The Morgan fingerprint density at radius 1 is 1.29 bits per heavy atom. The first kappa shape index (κ1) is 10.5. The van der Waals surface area contributed by atoms with E-state index in [0.29, 0.717) is 0 Å². The van der Waals surface area contributed by atoms with Crippen molar-refractivity contribution in [2.75, 3.05) is 0 Å². The quantitative estimate of drug-likeness (QED) is 0.406. The zero-order valence-corrected chi connectivity index (χ0v) is 5.31. The molecule has 7 heavy (non-hydrogen) atoms. The van der Waals surface area contributed by atoms with Gasteiger partial charge in [0.1, 0.15) is 0 Å². The van der Waals surface area contributed by atoms with Crippen molar-refractivity contribution < 1.29 is 40.9 Å². The van der Waals surface area contributed by atoms with E-state index >= 15 is 0 Å². The van der Waals surface area contributed by atoms with Gasteiger partial charge in [0.05, 0.1) is 0 Å². The summed E-state index contributed by atoms with van der Waals surface area (Å²) in [5.41, 5.74) is 0. The van der Waals surface area contributed by atoms with Gasteiger partial charge in [-0.25, -0.2) is 0 Å². The average molecular weight is 166 g/mol. The molecule has 44 valence electrons. The van der Waals surface area contributed by atoms with Crippen molar-refractivity contribution in [2.24, 2.45) is 0 Å². The minimum absolute atomic E-state index is 0. The molecule has 0 aromatic heterocycles. The molecule has 0 amide bonds. The Morgan fingerprint density at radius 3 is 1.43 bits per heavy atom. The van der Waals surface area contributed by atoms with E-state index in [0.717, 1.165) is 0 Å². The second kappa shape index (κ2) is 3.51. The molecular weight excluding hydrogens is 163 g/mol. The molecule has 0 spiro atoms. The van der Waals surface area contributed by atoms with Gasteiger partial charge in [-0.3, -0.25) is 0 Å². The molecule has 0 aliphatic heterocycles. The molecule has 0 aromatic rings. The summed E-state index contributed by atoms with van der Waals surface area (Å²) in [6, 6.07) is 0. The fourth-order valence-corrected chi connectivity index (χ4v) is 0. The molecule has 4 nitrogen and oxygen atoms in total. The second-order valence-electron chi connectivity index (χ2n) is 0.651. The Kier molecular flexibility index (Phi) is 5.26. The maximum atomic E-state index is 10.3. The molecule has 0 saturated heterocycles. The fraction of sp³-hybridized carbons (Fsp3) is 0. The number of hydrogen-bond donors (Lipinski definition) is 3.